The molecule has 0 unspecified atom stereocenters. The highest BCUT2D eigenvalue weighted by Crippen LogP contribution is 2.18. The van der Waals surface area contributed by atoms with Crippen molar-refractivity contribution >= 4 is 11.9 Å². The Kier molecular flexibility index (Phi) is 4.52. The molecular formula is C14H26N4O2. The molecule has 0 spiro atoms. The van der Waals surface area contributed by atoms with Gasteiger partial charge in [-0.3, -0.25) is 4.79 Å². The number of carbonyl (C=O) groups excluding carboxylic acids is 2. The second-order valence-electron chi connectivity index (χ2n) is 6.64. The molecule has 2 heterocycles. The van der Waals surface area contributed by atoms with E-state index in [-0.39, 0.29) is 23.5 Å². The van der Waals surface area contributed by atoms with Crippen LogP contribution >= 0.6 is 0 Å². The Labute approximate surface area is 120 Å². The lowest BCUT2D eigenvalue weighted by Crippen LogP contribution is -2.50. The van der Waals surface area contributed by atoms with Crippen LogP contribution in [-0.2, 0) is 4.79 Å². The zero-order valence-electron chi connectivity index (χ0n) is 12.7. The molecule has 0 bridgehead atoms. The van der Waals surface area contributed by atoms with Gasteiger partial charge in [-0.05, 0) is 33.6 Å². The van der Waals surface area contributed by atoms with Crippen LogP contribution in [0.25, 0.3) is 0 Å². The largest absolute Gasteiger partial charge is 0.341 e. The van der Waals surface area contributed by atoms with E-state index in [1.807, 2.05) is 9.80 Å². The van der Waals surface area contributed by atoms with Crippen LogP contribution in [0.3, 0.4) is 0 Å². The summed E-state index contributed by atoms with van der Waals surface area (Å²) in [6.45, 7) is 9.59. The first-order valence-electron chi connectivity index (χ1n) is 7.44. The molecule has 2 N–H and O–H groups in total. The third-order valence-corrected chi connectivity index (χ3v) is 3.92. The van der Waals surface area contributed by atoms with E-state index in [9.17, 15) is 9.59 Å². The molecule has 2 fully saturated rings. The summed E-state index contributed by atoms with van der Waals surface area (Å²) in [6.07, 6.45) is 1.77. The standard InChI is InChI=1S/C14H26N4O2/c1-14(2,3)16-10-12(19)17-7-4-11(5-8-17)18-9-6-15-13(18)20/h11,16H,4-10H2,1-3H3,(H,15,20). The highest BCUT2D eigenvalue weighted by molar-refractivity contribution is 5.79. The highest BCUT2D eigenvalue weighted by atomic mass is 16.2. The van der Waals surface area contributed by atoms with Gasteiger partial charge in [0.25, 0.3) is 0 Å². The van der Waals surface area contributed by atoms with Crippen molar-refractivity contribution in [2.75, 3.05) is 32.7 Å². The molecule has 0 saturated carbocycles. The van der Waals surface area contributed by atoms with Crippen molar-refractivity contribution in [3.63, 3.8) is 0 Å². The smallest absolute Gasteiger partial charge is 0.317 e. The Hall–Kier alpha value is -1.30. The summed E-state index contributed by atoms with van der Waals surface area (Å²) in [4.78, 5) is 27.6. The Balaban J connectivity index is 1.76. The van der Waals surface area contributed by atoms with Crippen molar-refractivity contribution in [2.45, 2.75) is 45.2 Å². The van der Waals surface area contributed by atoms with E-state index in [0.29, 0.717) is 6.54 Å². The lowest BCUT2D eigenvalue weighted by Gasteiger charge is -2.36. The minimum atomic E-state index is -0.0401. The first kappa shape index (κ1) is 15.1. The van der Waals surface area contributed by atoms with Crippen molar-refractivity contribution in [2.24, 2.45) is 0 Å². The van der Waals surface area contributed by atoms with Gasteiger partial charge in [-0.15, -0.1) is 0 Å². The number of hydrogen-bond acceptors (Lipinski definition) is 3. The topological polar surface area (TPSA) is 64.7 Å². The molecule has 0 aliphatic carbocycles. The summed E-state index contributed by atoms with van der Waals surface area (Å²) in [6, 6.07) is 0.335. The normalized spacial score (nSPS) is 21.2. The molecule has 0 aromatic heterocycles. The van der Waals surface area contributed by atoms with E-state index in [2.05, 4.69) is 31.4 Å². The Morgan fingerprint density at radius 2 is 1.95 bits per heavy atom. The van der Waals surface area contributed by atoms with Crippen LogP contribution in [0.15, 0.2) is 0 Å². The number of amides is 3. The lowest BCUT2D eigenvalue weighted by atomic mass is 10.0. The summed E-state index contributed by atoms with van der Waals surface area (Å²) in [5, 5.41) is 6.06. The molecule has 0 aromatic carbocycles. The lowest BCUT2D eigenvalue weighted by molar-refractivity contribution is -0.131. The number of nitrogens with one attached hydrogen (secondary N) is 2. The Bertz CT molecular complexity index is 370. The van der Waals surface area contributed by atoms with Crippen LogP contribution < -0.4 is 10.6 Å². The average Bonchev–Trinajstić information content (AvgIpc) is 2.81. The van der Waals surface area contributed by atoms with Gasteiger partial charge in [-0.2, -0.15) is 0 Å². The fraction of sp³-hybridized carbons (Fsp3) is 0.857. The Morgan fingerprint density at radius 3 is 2.45 bits per heavy atom. The van der Waals surface area contributed by atoms with Crippen LogP contribution in [-0.4, -0.2) is 66.0 Å². The fourth-order valence-electron chi connectivity index (χ4n) is 2.71. The molecule has 0 radical (unpaired) electrons. The van der Waals surface area contributed by atoms with E-state index in [4.69, 9.17) is 0 Å². The van der Waals surface area contributed by atoms with E-state index in [0.717, 1.165) is 39.0 Å². The second-order valence-corrected chi connectivity index (χ2v) is 6.64. The van der Waals surface area contributed by atoms with Gasteiger partial charge < -0.3 is 20.4 Å². The molecule has 2 aliphatic rings. The van der Waals surface area contributed by atoms with Crippen molar-refractivity contribution in [1.29, 1.82) is 0 Å². The summed E-state index contributed by atoms with van der Waals surface area (Å²) >= 11 is 0. The van der Waals surface area contributed by atoms with Gasteiger partial charge in [0.1, 0.15) is 0 Å². The second kappa shape index (κ2) is 5.99. The van der Waals surface area contributed by atoms with Crippen molar-refractivity contribution in [3.8, 4) is 0 Å². The van der Waals surface area contributed by atoms with Crippen LogP contribution in [0, 0.1) is 0 Å². The van der Waals surface area contributed by atoms with Gasteiger partial charge in [0, 0.05) is 37.8 Å². The maximum atomic E-state index is 12.1. The van der Waals surface area contributed by atoms with Gasteiger partial charge >= 0.3 is 6.03 Å². The van der Waals surface area contributed by atoms with Gasteiger partial charge in [-0.25, -0.2) is 4.79 Å². The van der Waals surface area contributed by atoms with E-state index < -0.39 is 0 Å². The van der Waals surface area contributed by atoms with Crippen LogP contribution in [0.2, 0.25) is 0 Å². The van der Waals surface area contributed by atoms with E-state index in [1.54, 1.807) is 0 Å². The van der Waals surface area contributed by atoms with Crippen LogP contribution in [0.1, 0.15) is 33.6 Å². The summed E-state index contributed by atoms with van der Waals surface area (Å²) in [5.41, 5.74) is -0.0401. The van der Waals surface area contributed by atoms with Gasteiger partial charge in [0.2, 0.25) is 5.91 Å². The summed E-state index contributed by atoms with van der Waals surface area (Å²) in [7, 11) is 0. The molecular weight excluding hydrogens is 256 g/mol. The third-order valence-electron chi connectivity index (χ3n) is 3.92. The van der Waals surface area contributed by atoms with Gasteiger partial charge in [0.05, 0.1) is 6.54 Å². The minimum absolute atomic E-state index is 0.0401. The molecule has 2 aliphatic heterocycles. The number of hydrogen-bond donors (Lipinski definition) is 2. The molecule has 2 rings (SSSR count). The molecule has 20 heavy (non-hydrogen) atoms. The summed E-state index contributed by atoms with van der Waals surface area (Å²) < 4.78 is 0. The number of carbonyl (C=O) groups is 2. The first-order chi connectivity index (χ1) is 9.37. The highest BCUT2D eigenvalue weighted by Gasteiger charge is 2.31. The molecule has 2 saturated heterocycles. The molecule has 114 valence electrons. The monoisotopic (exact) mass is 282 g/mol. The number of likely N-dealkylation sites (tertiary alicyclic amines) is 1. The average molecular weight is 282 g/mol. The number of nitrogens with zero attached hydrogens (tertiary/aromatic N) is 2. The first-order valence-corrected chi connectivity index (χ1v) is 7.44. The number of piperidine rings is 1. The number of rotatable bonds is 3. The van der Waals surface area contributed by atoms with Crippen molar-refractivity contribution < 1.29 is 9.59 Å². The number of urea groups is 1. The van der Waals surface area contributed by atoms with E-state index in [1.165, 1.54) is 0 Å². The molecule has 0 aromatic rings. The predicted molar refractivity (Wildman–Crippen MR) is 77.5 cm³/mol. The zero-order valence-corrected chi connectivity index (χ0v) is 12.7. The maximum absolute atomic E-state index is 12.1. The SMILES string of the molecule is CC(C)(C)NCC(=O)N1CCC(N2CCNC2=O)CC1. The summed E-state index contributed by atoms with van der Waals surface area (Å²) in [5.74, 6) is 0.157. The van der Waals surface area contributed by atoms with Crippen LogP contribution in [0.4, 0.5) is 4.79 Å². The van der Waals surface area contributed by atoms with Gasteiger partial charge in [-0.1, -0.05) is 0 Å². The molecule has 6 nitrogen and oxygen atoms in total. The quantitative estimate of drug-likeness (QED) is 0.787. The molecule has 6 heteroatoms. The van der Waals surface area contributed by atoms with Crippen LogP contribution in [0.5, 0.6) is 0 Å². The maximum Gasteiger partial charge on any atom is 0.317 e. The zero-order chi connectivity index (χ0) is 14.8. The molecule has 0 atom stereocenters. The predicted octanol–water partition coefficient (Wildman–Crippen LogP) is 0.391. The fourth-order valence-corrected chi connectivity index (χ4v) is 2.71. The Morgan fingerprint density at radius 1 is 1.30 bits per heavy atom. The van der Waals surface area contributed by atoms with Crippen molar-refractivity contribution in [3.05, 3.63) is 0 Å². The van der Waals surface area contributed by atoms with Crippen molar-refractivity contribution in [1.82, 2.24) is 20.4 Å². The van der Waals surface area contributed by atoms with E-state index >= 15 is 0 Å². The van der Waals surface area contributed by atoms with Gasteiger partial charge in [0.15, 0.2) is 0 Å². The third kappa shape index (κ3) is 3.85. The minimum Gasteiger partial charge on any atom is -0.341 e. The molecule has 3 amide bonds.